The summed E-state index contributed by atoms with van der Waals surface area (Å²) in [4.78, 5) is 3.87. The van der Waals surface area contributed by atoms with Gasteiger partial charge in [-0.05, 0) is 31.5 Å². The van der Waals surface area contributed by atoms with E-state index in [1.54, 1.807) is 11.4 Å². The third-order valence-electron chi connectivity index (χ3n) is 3.56. The van der Waals surface area contributed by atoms with Crippen molar-refractivity contribution in [2.75, 3.05) is 13.1 Å². The van der Waals surface area contributed by atoms with Gasteiger partial charge in [-0.15, -0.1) is 16.4 Å². The Morgan fingerprint density at radius 3 is 2.86 bits per heavy atom. The minimum atomic E-state index is -2.54. The average molecular weight is 325 g/mol. The number of aromatic nitrogens is 3. The smallest absolute Gasteiger partial charge is 0.289 e. The molecule has 22 heavy (non-hydrogen) atoms. The third kappa shape index (κ3) is 3.82. The quantitative estimate of drug-likeness (QED) is 0.884. The Kier molecular flexibility index (Phi) is 5.01. The highest BCUT2D eigenvalue weighted by atomic mass is 32.1. The van der Waals surface area contributed by atoms with Crippen molar-refractivity contribution in [2.24, 2.45) is 0 Å². The molecule has 1 atom stereocenters. The van der Waals surface area contributed by atoms with E-state index in [1.165, 1.54) is 6.42 Å². The van der Waals surface area contributed by atoms with Crippen molar-refractivity contribution >= 4 is 11.3 Å². The topological polar surface area (TPSA) is 62.7 Å². The third-order valence-corrected chi connectivity index (χ3v) is 4.41. The van der Waals surface area contributed by atoms with E-state index in [2.05, 4.69) is 25.8 Å². The summed E-state index contributed by atoms with van der Waals surface area (Å²) in [7, 11) is 0. The molecule has 0 aliphatic carbocycles. The molecule has 2 N–H and O–H groups in total. The standard InChI is InChI=1S/C14H17F2N5S/c15-13(16)14-19-12(8-22-14)11-4-3-10(20-21-11)7-18-9-2-1-5-17-6-9/h3-4,8-9,13,17-18H,1-2,5-7H2. The van der Waals surface area contributed by atoms with E-state index >= 15 is 0 Å². The average Bonchev–Trinajstić information content (AvgIpc) is 3.05. The summed E-state index contributed by atoms with van der Waals surface area (Å²) in [6.07, 6.45) is -0.203. The number of halogens is 2. The van der Waals surface area contributed by atoms with Crippen molar-refractivity contribution in [3.63, 3.8) is 0 Å². The van der Waals surface area contributed by atoms with Gasteiger partial charge in [0, 0.05) is 24.5 Å². The number of hydrogen-bond acceptors (Lipinski definition) is 6. The molecule has 0 saturated carbocycles. The Hall–Kier alpha value is -1.51. The van der Waals surface area contributed by atoms with Gasteiger partial charge in [-0.1, -0.05) is 0 Å². The summed E-state index contributed by atoms with van der Waals surface area (Å²) in [5.41, 5.74) is 1.80. The fourth-order valence-electron chi connectivity index (χ4n) is 2.37. The van der Waals surface area contributed by atoms with Crippen LogP contribution in [0.4, 0.5) is 8.78 Å². The maximum atomic E-state index is 12.5. The molecule has 1 fully saturated rings. The van der Waals surface area contributed by atoms with Crippen LogP contribution in [0.2, 0.25) is 0 Å². The summed E-state index contributed by atoms with van der Waals surface area (Å²) in [5, 5.41) is 16.4. The molecule has 0 amide bonds. The molecule has 1 saturated heterocycles. The highest BCUT2D eigenvalue weighted by Crippen LogP contribution is 2.26. The lowest BCUT2D eigenvalue weighted by Gasteiger charge is -2.23. The first-order valence-electron chi connectivity index (χ1n) is 7.23. The second kappa shape index (κ2) is 7.17. The van der Waals surface area contributed by atoms with Gasteiger partial charge in [-0.2, -0.15) is 5.10 Å². The van der Waals surface area contributed by atoms with E-state index in [-0.39, 0.29) is 5.01 Å². The lowest BCUT2D eigenvalue weighted by Crippen LogP contribution is -2.42. The molecule has 1 aliphatic heterocycles. The molecule has 0 bridgehead atoms. The largest absolute Gasteiger partial charge is 0.315 e. The van der Waals surface area contributed by atoms with Crippen LogP contribution in [-0.4, -0.2) is 34.3 Å². The molecule has 118 valence electrons. The Morgan fingerprint density at radius 1 is 1.32 bits per heavy atom. The van der Waals surface area contributed by atoms with Gasteiger partial charge >= 0.3 is 0 Å². The number of piperidine rings is 1. The zero-order chi connectivity index (χ0) is 15.4. The summed E-state index contributed by atoms with van der Waals surface area (Å²) >= 11 is 0.938. The Balaban J connectivity index is 1.59. The van der Waals surface area contributed by atoms with Crippen molar-refractivity contribution in [3.05, 3.63) is 28.2 Å². The first kappa shape index (κ1) is 15.4. The lowest BCUT2D eigenvalue weighted by molar-refractivity contribution is 0.151. The molecule has 0 aromatic carbocycles. The lowest BCUT2D eigenvalue weighted by atomic mass is 10.1. The van der Waals surface area contributed by atoms with E-state index < -0.39 is 6.43 Å². The van der Waals surface area contributed by atoms with Crippen molar-refractivity contribution < 1.29 is 8.78 Å². The minimum absolute atomic E-state index is 0.188. The fourth-order valence-corrected chi connectivity index (χ4v) is 3.03. The van der Waals surface area contributed by atoms with E-state index in [9.17, 15) is 8.78 Å². The number of nitrogens with one attached hydrogen (secondary N) is 2. The van der Waals surface area contributed by atoms with Gasteiger partial charge in [0.1, 0.15) is 11.4 Å². The maximum absolute atomic E-state index is 12.5. The first-order valence-corrected chi connectivity index (χ1v) is 8.11. The predicted molar refractivity (Wildman–Crippen MR) is 80.8 cm³/mol. The molecule has 0 radical (unpaired) electrons. The second-order valence-electron chi connectivity index (χ2n) is 5.21. The number of hydrogen-bond donors (Lipinski definition) is 2. The molecule has 0 spiro atoms. The van der Waals surface area contributed by atoms with E-state index in [4.69, 9.17) is 0 Å². The Morgan fingerprint density at radius 2 is 2.23 bits per heavy atom. The molecular weight excluding hydrogens is 308 g/mol. The van der Waals surface area contributed by atoms with E-state index in [0.717, 1.165) is 36.5 Å². The molecule has 1 aliphatic rings. The molecule has 3 rings (SSSR count). The summed E-state index contributed by atoms with van der Waals surface area (Å²) < 4.78 is 25.1. The minimum Gasteiger partial charge on any atom is -0.315 e. The summed E-state index contributed by atoms with van der Waals surface area (Å²) in [5.74, 6) is 0. The van der Waals surface area contributed by atoms with Crippen LogP contribution in [-0.2, 0) is 6.54 Å². The van der Waals surface area contributed by atoms with Crippen molar-refractivity contribution in [3.8, 4) is 11.4 Å². The molecular formula is C14H17F2N5S. The molecule has 2 aromatic heterocycles. The van der Waals surface area contributed by atoms with Gasteiger partial charge in [0.15, 0.2) is 5.01 Å². The molecule has 1 unspecified atom stereocenters. The number of thiazole rings is 1. The van der Waals surface area contributed by atoms with Gasteiger partial charge in [0.25, 0.3) is 6.43 Å². The van der Waals surface area contributed by atoms with Crippen molar-refractivity contribution in [2.45, 2.75) is 31.9 Å². The fraction of sp³-hybridized carbons (Fsp3) is 0.500. The molecule has 3 heterocycles. The van der Waals surface area contributed by atoms with Crippen molar-refractivity contribution in [1.29, 1.82) is 0 Å². The van der Waals surface area contributed by atoms with Gasteiger partial charge in [-0.25, -0.2) is 13.8 Å². The SMILES string of the molecule is FC(F)c1nc(-c2ccc(CNC3CCCNC3)nn2)cs1. The maximum Gasteiger partial charge on any atom is 0.289 e. The number of nitrogens with zero attached hydrogens (tertiary/aromatic N) is 3. The van der Waals surface area contributed by atoms with Gasteiger partial charge < -0.3 is 10.6 Å². The van der Waals surface area contributed by atoms with Crippen LogP contribution in [0, 0.1) is 0 Å². The first-order chi connectivity index (χ1) is 10.7. The second-order valence-corrected chi connectivity index (χ2v) is 6.10. The van der Waals surface area contributed by atoms with E-state index in [0.29, 0.717) is 24.0 Å². The molecule has 5 nitrogen and oxygen atoms in total. The normalized spacial score (nSPS) is 18.8. The van der Waals surface area contributed by atoms with Gasteiger partial charge in [0.2, 0.25) is 0 Å². The van der Waals surface area contributed by atoms with Crippen LogP contribution in [0.25, 0.3) is 11.4 Å². The molecule has 2 aromatic rings. The summed E-state index contributed by atoms with van der Waals surface area (Å²) in [6.45, 7) is 2.71. The highest BCUT2D eigenvalue weighted by Gasteiger charge is 2.15. The van der Waals surface area contributed by atoms with Crippen LogP contribution in [0.1, 0.15) is 30.0 Å². The number of rotatable bonds is 5. The van der Waals surface area contributed by atoms with Crippen LogP contribution < -0.4 is 10.6 Å². The monoisotopic (exact) mass is 325 g/mol. The Labute approximate surface area is 131 Å². The molecule has 8 heteroatoms. The van der Waals surface area contributed by atoms with Crippen LogP contribution in [0.5, 0.6) is 0 Å². The predicted octanol–water partition coefficient (Wildman–Crippen LogP) is 2.38. The highest BCUT2D eigenvalue weighted by molar-refractivity contribution is 7.10. The summed E-state index contributed by atoms with van der Waals surface area (Å²) in [6, 6.07) is 4.09. The van der Waals surface area contributed by atoms with E-state index in [1.807, 2.05) is 6.07 Å². The van der Waals surface area contributed by atoms with Gasteiger partial charge in [0.05, 0.1) is 5.69 Å². The van der Waals surface area contributed by atoms with Gasteiger partial charge in [-0.3, -0.25) is 0 Å². The van der Waals surface area contributed by atoms with Crippen LogP contribution >= 0.6 is 11.3 Å². The zero-order valence-corrected chi connectivity index (χ0v) is 12.7. The Bertz CT molecular complexity index is 596. The van der Waals surface area contributed by atoms with Crippen LogP contribution in [0.15, 0.2) is 17.5 Å². The van der Waals surface area contributed by atoms with Crippen molar-refractivity contribution in [1.82, 2.24) is 25.8 Å². The number of alkyl halides is 2. The van der Waals surface area contributed by atoms with Crippen LogP contribution in [0.3, 0.4) is 0 Å². The zero-order valence-electron chi connectivity index (χ0n) is 11.9.